The molecule has 0 saturated heterocycles. The van der Waals surface area contributed by atoms with Gasteiger partial charge in [0, 0.05) is 18.8 Å². The Morgan fingerprint density at radius 2 is 2.04 bits per heavy atom. The molecule has 0 radical (unpaired) electrons. The first-order chi connectivity index (χ1) is 10.8. The van der Waals surface area contributed by atoms with Gasteiger partial charge in [0.25, 0.3) is 0 Å². The Morgan fingerprint density at radius 3 is 2.61 bits per heavy atom. The van der Waals surface area contributed by atoms with E-state index in [2.05, 4.69) is 10.4 Å². The summed E-state index contributed by atoms with van der Waals surface area (Å²) in [5, 5.41) is 18.3. The van der Waals surface area contributed by atoms with Crippen LogP contribution < -0.4 is 14.8 Å². The summed E-state index contributed by atoms with van der Waals surface area (Å²) in [7, 11) is 3.19. The molecule has 0 amide bonds. The average molecular weight is 320 g/mol. The first kappa shape index (κ1) is 16.6. The Bertz CT molecular complexity index is 725. The summed E-state index contributed by atoms with van der Waals surface area (Å²) >= 11 is 0. The third-order valence-electron chi connectivity index (χ3n) is 3.16. The number of rotatable bonds is 6. The maximum absolute atomic E-state index is 11.2. The van der Waals surface area contributed by atoms with Crippen LogP contribution in [0, 0.1) is 17.0 Å². The number of nitrogens with one attached hydrogen (secondary N) is 1. The van der Waals surface area contributed by atoms with Gasteiger partial charge in [-0.15, -0.1) is 0 Å². The van der Waals surface area contributed by atoms with Gasteiger partial charge in [0.2, 0.25) is 5.82 Å². The molecule has 0 aliphatic carbocycles. The molecule has 8 heteroatoms. The quantitative estimate of drug-likeness (QED) is 0.649. The summed E-state index contributed by atoms with van der Waals surface area (Å²) < 4.78 is 12.4. The number of hydrogen-bond acceptors (Lipinski definition) is 6. The summed E-state index contributed by atoms with van der Waals surface area (Å²) in [5.74, 6) is 1.47. The second kappa shape index (κ2) is 6.55. The molecule has 2 rings (SSSR count). The van der Waals surface area contributed by atoms with Gasteiger partial charge >= 0.3 is 5.69 Å². The minimum atomic E-state index is -0.446. The number of nitrogens with zero attached hydrogens (tertiary/aromatic N) is 3. The maximum Gasteiger partial charge on any atom is 0.334 e. The van der Waals surface area contributed by atoms with Crippen LogP contribution in [0.15, 0.2) is 18.2 Å². The van der Waals surface area contributed by atoms with Crippen molar-refractivity contribution in [1.29, 1.82) is 0 Å². The smallest absolute Gasteiger partial charge is 0.334 e. The first-order valence-electron chi connectivity index (χ1n) is 7.13. The molecule has 1 N–H and O–H groups in total. The molecule has 0 bridgehead atoms. The van der Waals surface area contributed by atoms with Crippen molar-refractivity contribution in [3.63, 3.8) is 0 Å². The molecule has 0 fully saturated rings. The zero-order valence-electron chi connectivity index (χ0n) is 13.8. The number of anilines is 2. The monoisotopic (exact) mass is 320 g/mol. The number of benzene rings is 1. The average Bonchev–Trinajstić information content (AvgIpc) is 2.74. The second-order valence-electron chi connectivity index (χ2n) is 5.32. The highest BCUT2D eigenvalue weighted by atomic mass is 16.6. The molecule has 0 saturated carbocycles. The third kappa shape index (κ3) is 3.53. The van der Waals surface area contributed by atoms with Crippen molar-refractivity contribution < 1.29 is 14.4 Å². The van der Waals surface area contributed by atoms with E-state index in [9.17, 15) is 10.1 Å². The van der Waals surface area contributed by atoms with Gasteiger partial charge in [0.15, 0.2) is 11.5 Å². The van der Waals surface area contributed by atoms with E-state index in [4.69, 9.17) is 9.47 Å². The predicted molar refractivity (Wildman–Crippen MR) is 86.6 cm³/mol. The predicted octanol–water partition coefficient (Wildman–Crippen LogP) is 3.18. The Balaban J connectivity index is 2.36. The number of ether oxygens (including phenoxy) is 2. The number of methoxy groups -OCH3 is 1. The molecular weight excluding hydrogens is 300 g/mol. The number of aryl methyl sites for hydroxylation is 2. The van der Waals surface area contributed by atoms with Crippen LogP contribution in [-0.4, -0.2) is 27.9 Å². The SMILES string of the molecule is COc1cc(Nc2c([N+](=O)[O-])c(C)nn2C)ccc1OC(C)C. The molecule has 2 aromatic rings. The van der Waals surface area contributed by atoms with E-state index in [1.165, 1.54) is 4.68 Å². The molecule has 1 aromatic heterocycles. The van der Waals surface area contributed by atoms with Crippen LogP contribution in [0.3, 0.4) is 0 Å². The minimum absolute atomic E-state index is 0.0171. The van der Waals surface area contributed by atoms with E-state index < -0.39 is 4.92 Å². The van der Waals surface area contributed by atoms with Crippen molar-refractivity contribution in [1.82, 2.24) is 9.78 Å². The van der Waals surface area contributed by atoms with Gasteiger partial charge in [-0.1, -0.05) is 0 Å². The molecule has 0 unspecified atom stereocenters. The highest BCUT2D eigenvalue weighted by Crippen LogP contribution is 2.35. The van der Waals surface area contributed by atoms with E-state index in [1.54, 1.807) is 39.3 Å². The molecule has 124 valence electrons. The molecular formula is C15H20N4O4. The van der Waals surface area contributed by atoms with E-state index >= 15 is 0 Å². The fraction of sp³-hybridized carbons (Fsp3) is 0.400. The van der Waals surface area contributed by atoms with Crippen LogP contribution in [0.25, 0.3) is 0 Å². The standard InChI is InChI=1S/C15H20N4O4/c1-9(2)23-12-7-6-11(8-13(12)22-5)16-15-14(19(20)21)10(3)17-18(15)4/h6-9,16H,1-5H3. The van der Waals surface area contributed by atoms with Crippen molar-refractivity contribution in [2.75, 3.05) is 12.4 Å². The van der Waals surface area contributed by atoms with Gasteiger partial charge in [0.1, 0.15) is 5.69 Å². The van der Waals surface area contributed by atoms with Crippen molar-refractivity contribution in [3.8, 4) is 11.5 Å². The second-order valence-corrected chi connectivity index (χ2v) is 5.32. The fourth-order valence-corrected chi connectivity index (χ4v) is 2.24. The van der Waals surface area contributed by atoms with Crippen LogP contribution in [0.1, 0.15) is 19.5 Å². The van der Waals surface area contributed by atoms with Crippen LogP contribution in [-0.2, 0) is 7.05 Å². The lowest BCUT2D eigenvalue weighted by Crippen LogP contribution is -2.07. The molecule has 0 atom stereocenters. The Kier molecular flexibility index (Phi) is 4.73. The van der Waals surface area contributed by atoms with E-state index in [0.717, 1.165) is 0 Å². The molecule has 8 nitrogen and oxygen atoms in total. The highest BCUT2D eigenvalue weighted by molar-refractivity contribution is 5.69. The van der Waals surface area contributed by atoms with E-state index in [-0.39, 0.29) is 11.8 Å². The summed E-state index contributed by atoms with van der Waals surface area (Å²) in [5.41, 5.74) is 0.949. The van der Waals surface area contributed by atoms with Crippen molar-refractivity contribution >= 4 is 17.2 Å². The van der Waals surface area contributed by atoms with E-state index in [1.807, 2.05) is 13.8 Å². The first-order valence-corrected chi connectivity index (χ1v) is 7.13. The van der Waals surface area contributed by atoms with Gasteiger partial charge in [-0.2, -0.15) is 5.10 Å². The molecule has 1 heterocycles. The van der Waals surface area contributed by atoms with E-state index in [0.29, 0.717) is 28.7 Å². The van der Waals surface area contributed by atoms with Crippen LogP contribution in [0.2, 0.25) is 0 Å². The Morgan fingerprint density at radius 1 is 1.35 bits per heavy atom. The topological polar surface area (TPSA) is 91.5 Å². The van der Waals surface area contributed by atoms with Crippen LogP contribution in [0.5, 0.6) is 11.5 Å². The fourth-order valence-electron chi connectivity index (χ4n) is 2.24. The van der Waals surface area contributed by atoms with Crippen molar-refractivity contribution in [2.24, 2.45) is 7.05 Å². The van der Waals surface area contributed by atoms with Crippen LogP contribution in [0.4, 0.5) is 17.2 Å². The Hall–Kier alpha value is -2.77. The zero-order valence-corrected chi connectivity index (χ0v) is 13.8. The summed E-state index contributed by atoms with van der Waals surface area (Å²) in [6.07, 6.45) is 0.0171. The maximum atomic E-state index is 11.2. The minimum Gasteiger partial charge on any atom is -0.493 e. The molecule has 0 aliphatic rings. The van der Waals surface area contributed by atoms with Gasteiger partial charge in [0.05, 0.1) is 18.1 Å². The number of aromatic nitrogens is 2. The molecule has 0 aliphatic heterocycles. The number of hydrogen-bond donors (Lipinski definition) is 1. The largest absolute Gasteiger partial charge is 0.493 e. The molecule has 0 spiro atoms. The van der Waals surface area contributed by atoms with Gasteiger partial charge in [-0.05, 0) is 32.9 Å². The lowest BCUT2D eigenvalue weighted by atomic mass is 10.2. The summed E-state index contributed by atoms with van der Waals surface area (Å²) in [4.78, 5) is 10.8. The summed E-state index contributed by atoms with van der Waals surface area (Å²) in [6.45, 7) is 5.45. The van der Waals surface area contributed by atoms with Gasteiger partial charge < -0.3 is 14.8 Å². The number of nitro groups is 1. The Labute approximate surface area is 134 Å². The third-order valence-corrected chi connectivity index (χ3v) is 3.16. The van der Waals surface area contributed by atoms with Gasteiger partial charge in [-0.25, -0.2) is 4.68 Å². The van der Waals surface area contributed by atoms with Crippen LogP contribution >= 0.6 is 0 Å². The van der Waals surface area contributed by atoms with Gasteiger partial charge in [-0.3, -0.25) is 10.1 Å². The molecule has 23 heavy (non-hydrogen) atoms. The van der Waals surface area contributed by atoms with Crippen molar-refractivity contribution in [2.45, 2.75) is 26.9 Å². The normalized spacial score (nSPS) is 10.7. The lowest BCUT2D eigenvalue weighted by Gasteiger charge is -2.15. The van der Waals surface area contributed by atoms with Crippen molar-refractivity contribution in [3.05, 3.63) is 34.0 Å². The highest BCUT2D eigenvalue weighted by Gasteiger charge is 2.24. The molecule has 1 aromatic carbocycles. The summed E-state index contributed by atoms with van der Waals surface area (Å²) in [6, 6.07) is 5.26. The zero-order chi connectivity index (χ0) is 17.1. The lowest BCUT2D eigenvalue weighted by molar-refractivity contribution is -0.384.